The lowest BCUT2D eigenvalue weighted by atomic mass is 10.1. The smallest absolute Gasteiger partial charge is 0.151 e. The van der Waals surface area contributed by atoms with Crippen LogP contribution in [-0.2, 0) is 17.7 Å². The summed E-state index contributed by atoms with van der Waals surface area (Å²) >= 11 is 0. The molecule has 0 aliphatic carbocycles. The van der Waals surface area contributed by atoms with Crippen molar-refractivity contribution >= 4 is 11.0 Å². The van der Waals surface area contributed by atoms with Gasteiger partial charge in [0.15, 0.2) is 5.76 Å². The number of hydrogen-bond acceptors (Lipinski definition) is 4. The van der Waals surface area contributed by atoms with Gasteiger partial charge in [-0.1, -0.05) is 35.4 Å². The third-order valence-corrected chi connectivity index (χ3v) is 5.60. The Balaban J connectivity index is 1.37. The van der Waals surface area contributed by atoms with Crippen molar-refractivity contribution in [2.24, 2.45) is 5.11 Å². The van der Waals surface area contributed by atoms with Gasteiger partial charge in [0.1, 0.15) is 17.9 Å². The SMILES string of the molecule is CCO[C@H](CN=[N+]=[N-])Cc1ccc(OCCn2c(C)ccc2-c2cc3ccccc3o2)cc1. The van der Waals surface area contributed by atoms with Gasteiger partial charge in [-0.3, -0.25) is 0 Å². The van der Waals surface area contributed by atoms with Crippen LogP contribution in [0.5, 0.6) is 5.75 Å². The van der Waals surface area contributed by atoms with Crippen molar-refractivity contribution in [2.45, 2.75) is 32.9 Å². The normalized spacial score (nSPS) is 11.9. The van der Waals surface area contributed by atoms with Crippen LogP contribution in [0.3, 0.4) is 0 Å². The molecule has 2 aromatic carbocycles. The summed E-state index contributed by atoms with van der Waals surface area (Å²) in [7, 11) is 0. The van der Waals surface area contributed by atoms with E-state index in [2.05, 4.69) is 45.8 Å². The van der Waals surface area contributed by atoms with Crippen molar-refractivity contribution in [1.29, 1.82) is 0 Å². The van der Waals surface area contributed by atoms with E-state index in [1.54, 1.807) is 0 Å². The second-order valence-electron chi connectivity index (χ2n) is 7.85. The van der Waals surface area contributed by atoms with E-state index in [1.165, 1.54) is 0 Å². The van der Waals surface area contributed by atoms with E-state index in [4.69, 9.17) is 19.4 Å². The molecular weight excluding hydrogens is 416 g/mol. The van der Waals surface area contributed by atoms with Crippen LogP contribution in [0.4, 0.5) is 0 Å². The largest absolute Gasteiger partial charge is 0.492 e. The van der Waals surface area contributed by atoms with Crippen LogP contribution >= 0.6 is 0 Å². The summed E-state index contributed by atoms with van der Waals surface area (Å²) < 4.78 is 19.9. The van der Waals surface area contributed by atoms with Crippen LogP contribution in [0.1, 0.15) is 18.2 Å². The summed E-state index contributed by atoms with van der Waals surface area (Å²) in [5.41, 5.74) is 12.8. The van der Waals surface area contributed by atoms with E-state index in [0.29, 0.717) is 32.7 Å². The van der Waals surface area contributed by atoms with E-state index in [-0.39, 0.29) is 6.10 Å². The summed E-state index contributed by atoms with van der Waals surface area (Å²) in [5.74, 6) is 1.68. The van der Waals surface area contributed by atoms with Gasteiger partial charge >= 0.3 is 0 Å². The van der Waals surface area contributed by atoms with Gasteiger partial charge in [0.2, 0.25) is 0 Å². The van der Waals surface area contributed by atoms with Gasteiger partial charge in [-0.2, -0.15) is 0 Å². The first-order valence-electron chi connectivity index (χ1n) is 11.2. The van der Waals surface area contributed by atoms with Crippen LogP contribution in [0.15, 0.2) is 76.3 Å². The Bertz CT molecular complexity index is 1200. The average Bonchev–Trinajstić information content (AvgIpc) is 3.42. The van der Waals surface area contributed by atoms with Crippen molar-refractivity contribution in [3.8, 4) is 17.2 Å². The summed E-state index contributed by atoms with van der Waals surface area (Å²) in [6, 6.07) is 22.3. The molecule has 4 aromatic rings. The second kappa shape index (κ2) is 10.8. The zero-order chi connectivity index (χ0) is 23.0. The summed E-state index contributed by atoms with van der Waals surface area (Å²) in [6.45, 7) is 6.19. The topological polar surface area (TPSA) is 85.3 Å². The van der Waals surface area contributed by atoms with Gasteiger partial charge in [0.25, 0.3) is 0 Å². The molecule has 170 valence electrons. The Hall–Kier alpha value is -3.67. The minimum absolute atomic E-state index is 0.119. The molecule has 0 radical (unpaired) electrons. The molecule has 0 fully saturated rings. The van der Waals surface area contributed by atoms with Crippen molar-refractivity contribution < 1.29 is 13.9 Å². The second-order valence-corrected chi connectivity index (χ2v) is 7.85. The standard InChI is InChI=1S/C26H28N4O3/c1-3-31-23(18-28-29-27)16-20-9-11-22(12-10-20)32-15-14-30-19(2)8-13-24(30)26-17-21-6-4-5-7-25(21)33-26/h4-13,17,23H,3,14-16,18H2,1-2H3/t23-/m0/s1. The highest BCUT2D eigenvalue weighted by atomic mass is 16.5. The maximum absolute atomic E-state index is 8.55. The first-order chi connectivity index (χ1) is 16.2. The maximum Gasteiger partial charge on any atom is 0.151 e. The van der Waals surface area contributed by atoms with Gasteiger partial charge in [-0.05, 0) is 67.8 Å². The van der Waals surface area contributed by atoms with Crippen molar-refractivity contribution in [1.82, 2.24) is 4.57 Å². The Kier molecular flexibility index (Phi) is 7.35. The molecule has 7 nitrogen and oxygen atoms in total. The number of nitrogens with zero attached hydrogens (tertiary/aromatic N) is 4. The summed E-state index contributed by atoms with van der Waals surface area (Å²) in [5, 5.41) is 4.74. The molecule has 4 rings (SSSR count). The summed E-state index contributed by atoms with van der Waals surface area (Å²) in [4.78, 5) is 2.83. The number of hydrogen-bond donors (Lipinski definition) is 0. The van der Waals surface area contributed by atoms with E-state index in [0.717, 1.165) is 39.4 Å². The van der Waals surface area contributed by atoms with E-state index in [9.17, 15) is 0 Å². The first-order valence-corrected chi connectivity index (χ1v) is 11.2. The van der Waals surface area contributed by atoms with Crippen molar-refractivity contribution in [3.05, 3.63) is 88.4 Å². The van der Waals surface area contributed by atoms with Crippen molar-refractivity contribution in [3.63, 3.8) is 0 Å². The van der Waals surface area contributed by atoms with Gasteiger partial charge < -0.3 is 18.5 Å². The predicted octanol–water partition coefficient (Wildman–Crippen LogP) is 6.55. The number of aryl methyl sites for hydroxylation is 1. The van der Waals surface area contributed by atoms with Gasteiger partial charge in [0.05, 0.1) is 24.9 Å². The molecule has 33 heavy (non-hydrogen) atoms. The monoisotopic (exact) mass is 444 g/mol. The zero-order valence-electron chi connectivity index (χ0n) is 19.0. The molecule has 0 saturated carbocycles. The average molecular weight is 445 g/mol. The number of aromatic nitrogens is 1. The molecule has 0 amide bonds. The third kappa shape index (κ3) is 5.58. The molecule has 0 aliphatic rings. The molecular formula is C26H28N4O3. The van der Waals surface area contributed by atoms with Gasteiger partial charge in [-0.25, -0.2) is 0 Å². The quantitative estimate of drug-likeness (QED) is 0.149. The Labute approximate surface area is 193 Å². The lowest BCUT2D eigenvalue weighted by molar-refractivity contribution is 0.0695. The molecule has 0 spiro atoms. The Morgan fingerprint density at radius 1 is 1.09 bits per heavy atom. The molecule has 0 bridgehead atoms. The zero-order valence-corrected chi connectivity index (χ0v) is 19.0. The van der Waals surface area contributed by atoms with Crippen LogP contribution < -0.4 is 4.74 Å². The fourth-order valence-corrected chi connectivity index (χ4v) is 3.97. The number of azide groups is 1. The van der Waals surface area contributed by atoms with Crippen LogP contribution in [0, 0.1) is 6.92 Å². The molecule has 2 aromatic heterocycles. The van der Waals surface area contributed by atoms with Gasteiger partial charge in [-0.15, -0.1) is 0 Å². The fraction of sp³-hybridized carbons (Fsp3) is 0.308. The molecule has 1 atom stereocenters. The molecule has 0 aliphatic heterocycles. The highest BCUT2D eigenvalue weighted by Crippen LogP contribution is 2.29. The van der Waals surface area contributed by atoms with Crippen LogP contribution in [-0.4, -0.2) is 30.4 Å². The van der Waals surface area contributed by atoms with Crippen LogP contribution in [0.2, 0.25) is 0 Å². The number of fused-ring (bicyclic) bond motifs is 1. The minimum atomic E-state index is -0.119. The van der Waals surface area contributed by atoms with E-state index in [1.807, 2.05) is 49.4 Å². The third-order valence-electron chi connectivity index (χ3n) is 5.60. The highest BCUT2D eigenvalue weighted by Gasteiger charge is 2.13. The Morgan fingerprint density at radius 3 is 2.67 bits per heavy atom. The maximum atomic E-state index is 8.55. The van der Waals surface area contributed by atoms with Gasteiger partial charge in [0, 0.05) is 22.6 Å². The minimum Gasteiger partial charge on any atom is -0.492 e. The van der Waals surface area contributed by atoms with Crippen LogP contribution in [0.25, 0.3) is 32.9 Å². The highest BCUT2D eigenvalue weighted by molar-refractivity contribution is 5.82. The first kappa shape index (κ1) is 22.5. The molecule has 0 N–H and O–H groups in total. The number of ether oxygens (including phenoxy) is 2. The predicted molar refractivity (Wildman–Crippen MR) is 129 cm³/mol. The number of para-hydroxylation sites is 1. The lowest BCUT2D eigenvalue weighted by Gasteiger charge is -2.15. The fourth-order valence-electron chi connectivity index (χ4n) is 3.97. The van der Waals surface area contributed by atoms with E-state index >= 15 is 0 Å². The molecule has 0 unspecified atom stereocenters. The Morgan fingerprint density at radius 2 is 1.91 bits per heavy atom. The molecule has 0 saturated heterocycles. The molecule has 7 heteroatoms. The van der Waals surface area contributed by atoms with Crippen molar-refractivity contribution in [2.75, 3.05) is 19.8 Å². The lowest BCUT2D eigenvalue weighted by Crippen LogP contribution is -2.19. The summed E-state index contributed by atoms with van der Waals surface area (Å²) in [6.07, 6.45) is 0.572. The van der Waals surface area contributed by atoms with E-state index < -0.39 is 0 Å². The number of furan rings is 1. The number of rotatable bonds is 11. The molecule has 2 heterocycles. The number of benzene rings is 2.